The summed E-state index contributed by atoms with van der Waals surface area (Å²) in [6.07, 6.45) is 5.91. The molecule has 0 spiro atoms. The highest BCUT2D eigenvalue weighted by molar-refractivity contribution is 5.81. The Hall–Kier alpha value is -0.830. The Kier molecular flexibility index (Phi) is 4.54. The van der Waals surface area contributed by atoms with E-state index < -0.39 is 0 Å². The standard InChI is InChI=1S/C10H16O3/c1-2-10(11)13-7-4-3-5-9-6-8-12-9/h2,9H,1,3-8H2. The third kappa shape index (κ3) is 4.08. The van der Waals surface area contributed by atoms with Crippen molar-refractivity contribution >= 4 is 5.97 Å². The first-order chi connectivity index (χ1) is 6.33. The van der Waals surface area contributed by atoms with Crippen LogP contribution in [0.5, 0.6) is 0 Å². The lowest BCUT2D eigenvalue weighted by Gasteiger charge is -2.26. The van der Waals surface area contributed by atoms with Crippen molar-refractivity contribution in [3.05, 3.63) is 12.7 Å². The zero-order valence-corrected chi connectivity index (χ0v) is 7.83. The molecule has 3 nitrogen and oxygen atoms in total. The largest absolute Gasteiger partial charge is 0.463 e. The molecule has 0 amide bonds. The second kappa shape index (κ2) is 5.75. The van der Waals surface area contributed by atoms with Crippen LogP contribution in [-0.2, 0) is 14.3 Å². The second-order valence-corrected chi connectivity index (χ2v) is 3.15. The molecule has 1 rings (SSSR count). The fourth-order valence-electron chi connectivity index (χ4n) is 1.22. The summed E-state index contributed by atoms with van der Waals surface area (Å²) in [6.45, 7) is 4.73. The average molecular weight is 184 g/mol. The first-order valence-corrected chi connectivity index (χ1v) is 4.73. The number of ether oxygens (including phenoxy) is 2. The van der Waals surface area contributed by atoms with Gasteiger partial charge in [-0.25, -0.2) is 4.79 Å². The molecule has 0 aliphatic carbocycles. The minimum absolute atomic E-state index is 0.333. The van der Waals surface area contributed by atoms with Crippen LogP contribution in [0, 0.1) is 0 Å². The molecule has 0 aromatic carbocycles. The first kappa shape index (κ1) is 10.3. The van der Waals surface area contributed by atoms with E-state index in [4.69, 9.17) is 9.47 Å². The Balaban J connectivity index is 1.83. The van der Waals surface area contributed by atoms with Gasteiger partial charge in [-0.2, -0.15) is 0 Å². The molecule has 0 saturated carbocycles. The highest BCUT2D eigenvalue weighted by atomic mass is 16.5. The molecule has 1 fully saturated rings. The molecule has 1 saturated heterocycles. The molecular formula is C10H16O3. The molecule has 74 valence electrons. The summed E-state index contributed by atoms with van der Waals surface area (Å²) in [5, 5.41) is 0. The molecule has 0 aromatic heterocycles. The van der Waals surface area contributed by atoms with Gasteiger partial charge < -0.3 is 9.47 Å². The number of unbranched alkanes of at least 4 members (excludes halogenated alkanes) is 1. The van der Waals surface area contributed by atoms with Crippen LogP contribution in [0.2, 0.25) is 0 Å². The van der Waals surface area contributed by atoms with Crippen LogP contribution < -0.4 is 0 Å². The van der Waals surface area contributed by atoms with Crippen LogP contribution in [0.1, 0.15) is 25.7 Å². The SMILES string of the molecule is C=CC(=O)OCCCCC1CCO1. The molecule has 1 aliphatic heterocycles. The van der Waals surface area contributed by atoms with Crippen LogP contribution >= 0.6 is 0 Å². The van der Waals surface area contributed by atoms with E-state index in [1.54, 1.807) is 0 Å². The lowest BCUT2D eigenvalue weighted by atomic mass is 10.1. The van der Waals surface area contributed by atoms with E-state index in [9.17, 15) is 4.79 Å². The molecule has 13 heavy (non-hydrogen) atoms. The highest BCUT2D eigenvalue weighted by Crippen LogP contribution is 2.17. The van der Waals surface area contributed by atoms with Gasteiger partial charge >= 0.3 is 5.97 Å². The van der Waals surface area contributed by atoms with Crippen LogP contribution in [0.25, 0.3) is 0 Å². The third-order valence-electron chi connectivity index (χ3n) is 2.12. The van der Waals surface area contributed by atoms with Crippen molar-refractivity contribution in [3.63, 3.8) is 0 Å². The van der Waals surface area contributed by atoms with Crippen molar-refractivity contribution < 1.29 is 14.3 Å². The molecule has 0 aromatic rings. The number of esters is 1. The molecule has 0 radical (unpaired) electrons. The maximum atomic E-state index is 10.6. The van der Waals surface area contributed by atoms with Crippen molar-refractivity contribution in [1.82, 2.24) is 0 Å². The summed E-state index contributed by atoms with van der Waals surface area (Å²) in [7, 11) is 0. The van der Waals surface area contributed by atoms with Crippen LogP contribution in [0.4, 0.5) is 0 Å². The Labute approximate surface area is 78.7 Å². The predicted octanol–water partition coefficient (Wildman–Crippen LogP) is 1.67. The van der Waals surface area contributed by atoms with E-state index in [1.807, 2.05) is 0 Å². The van der Waals surface area contributed by atoms with Gasteiger partial charge in [-0.3, -0.25) is 0 Å². The topological polar surface area (TPSA) is 35.5 Å². The summed E-state index contributed by atoms with van der Waals surface area (Å²) in [4.78, 5) is 10.6. The summed E-state index contributed by atoms with van der Waals surface area (Å²) in [6, 6.07) is 0. The summed E-state index contributed by atoms with van der Waals surface area (Å²) in [5.74, 6) is -0.333. The second-order valence-electron chi connectivity index (χ2n) is 3.15. The van der Waals surface area contributed by atoms with Gasteiger partial charge in [-0.15, -0.1) is 0 Å². The molecule has 1 heterocycles. The van der Waals surface area contributed by atoms with Gasteiger partial charge in [0.1, 0.15) is 0 Å². The molecular weight excluding hydrogens is 168 g/mol. The van der Waals surface area contributed by atoms with Gasteiger partial charge in [-0.1, -0.05) is 6.58 Å². The summed E-state index contributed by atoms with van der Waals surface area (Å²) in [5.41, 5.74) is 0. The summed E-state index contributed by atoms with van der Waals surface area (Å²) < 4.78 is 10.1. The van der Waals surface area contributed by atoms with Crippen LogP contribution in [0.3, 0.4) is 0 Å². The Morgan fingerprint density at radius 3 is 2.92 bits per heavy atom. The molecule has 0 bridgehead atoms. The quantitative estimate of drug-likeness (QED) is 0.358. The van der Waals surface area contributed by atoms with Gasteiger partial charge in [0.05, 0.1) is 12.7 Å². The van der Waals surface area contributed by atoms with E-state index in [1.165, 1.54) is 12.5 Å². The maximum Gasteiger partial charge on any atom is 0.330 e. The lowest BCUT2D eigenvalue weighted by Crippen LogP contribution is -2.26. The number of hydrogen-bond acceptors (Lipinski definition) is 3. The van der Waals surface area contributed by atoms with E-state index in [0.29, 0.717) is 12.7 Å². The molecule has 1 unspecified atom stereocenters. The number of rotatable bonds is 6. The van der Waals surface area contributed by atoms with Crippen molar-refractivity contribution in [1.29, 1.82) is 0 Å². The number of hydrogen-bond donors (Lipinski definition) is 0. The molecule has 0 N–H and O–H groups in total. The van der Waals surface area contributed by atoms with E-state index >= 15 is 0 Å². The monoisotopic (exact) mass is 184 g/mol. The fourth-order valence-corrected chi connectivity index (χ4v) is 1.22. The molecule has 1 aliphatic rings. The average Bonchev–Trinajstić information content (AvgIpc) is 2.07. The van der Waals surface area contributed by atoms with E-state index in [-0.39, 0.29) is 5.97 Å². The Morgan fingerprint density at radius 2 is 2.38 bits per heavy atom. The van der Waals surface area contributed by atoms with Gasteiger partial charge in [0, 0.05) is 12.7 Å². The van der Waals surface area contributed by atoms with Crippen molar-refractivity contribution in [3.8, 4) is 0 Å². The number of carbonyl (C=O) groups is 1. The lowest BCUT2D eigenvalue weighted by molar-refractivity contribution is -0.137. The Bertz CT molecular complexity index is 173. The van der Waals surface area contributed by atoms with Crippen LogP contribution in [0.15, 0.2) is 12.7 Å². The van der Waals surface area contributed by atoms with Gasteiger partial charge in [0.2, 0.25) is 0 Å². The zero-order chi connectivity index (χ0) is 9.52. The zero-order valence-electron chi connectivity index (χ0n) is 7.83. The fraction of sp³-hybridized carbons (Fsp3) is 0.700. The molecule has 3 heteroatoms. The van der Waals surface area contributed by atoms with Gasteiger partial charge in [0.15, 0.2) is 0 Å². The van der Waals surface area contributed by atoms with Crippen molar-refractivity contribution in [2.45, 2.75) is 31.8 Å². The third-order valence-corrected chi connectivity index (χ3v) is 2.12. The van der Waals surface area contributed by atoms with Crippen molar-refractivity contribution in [2.24, 2.45) is 0 Å². The predicted molar refractivity (Wildman–Crippen MR) is 49.4 cm³/mol. The molecule has 1 atom stereocenters. The van der Waals surface area contributed by atoms with Crippen molar-refractivity contribution in [2.75, 3.05) is 13.2 Å². The highest BCUT2D eigenvalue weighted by Gasteiger charge is 2.16. The van der Waals surface area contributed by atoms with E-state index in [0.717, 1.165) is 25.9 Å². The Morgan fingerprint density at radius 1 is 1.62 bits per heavy atom. The summed E-state index contributed by atoms with van der Waals surface area (Å²) >= 11 is 0. The normalized spacial score (nSPS) is 20.5. The first-order valence-electron chi connectivity index (χ1n) is 4.73. The minimum atomic E-state index is -0.333. The minimum Gasteiger partial charge on any atom is -0.463 e. The van der Waals surface area contributed by atoms with E-state index in [2.05, 4.69) is 6.58 Å². The van der Waals surface area contributed by atoms with Gasteiger partial charge in [-0.05, 0) is 25.7 Å². The smallest absolute Gasteiger partial charge is 0.330 e. The van der Waals surface area contributed by atoms with Crippen LogP contribution in [-0.4, -0.2) is 25.3 Å². The maximum absolute atomic E-state index is 10.6. The number of carbonyl (C=O) groups excluding carboxylic acids is 1. The van der Waals surface area contributed by atoms with Gasteiger partial charge in [0.25, 0.3) is 0 Å².